The summed E-state index contributed by atoms with van der Waals surface area (Å²) in [6, 6.07) is 0. The molecule has 3 rings (SSSR count). The molecule has 10 heteroatoms. The van der Waals surface area contributed by atoms with Crippen molar-refractivity contribution in [2.24, 2.45) is 7.05 Å². The van der Waals surface area contributed by atoms with E-state index in [-0.39, 0.29) is 11.3 Å². The van der Waals surface area contributed by atoms with E-state index in [9.17, 15) is 22.8 Å². The van der Waals surface area contributed by atoms with Gasteiger partial charge in [0, 0.05) is 19.0 Å². The molecule has 142 valence electrons. The molecule has 1 aliphatic rings. The van der Waals surface area contributed by atoms with Crippen LogP contribution in [0.25, 0.3) is 10.2 Å². The van der Waals surface area contributed by atoms with Crippen LogP contribution < -0.4 is 5.56 Å². The molecule has 0 radical (unpaired) electrons. The van der Waals surface area contributed by atoms with Crippen molar-refractivity contribution in [3.8, 4) is 0 Å². The van der Waals surface area contributed by atoms with Crippen molar-refractivity contribution in [3.05, 3.63) is 20.8 Å². The maximum absolute atomic E-state index is 12.7. The SMILES string of the molecule is CN(CC(F)(F)F)C(=O)CSc1nc2sc3c(c2c(=O)n1C)CCCC3. The van der Waals surface area contributed by atoms with Gasteiger partial charge in [-0.1, -0.05) is 11.8 Å². The Morgan fingerprint density at radius 1 is 1.35 bits per heavy atom. The van der Waals surface area contributed by atoms with Crippen molar-refractivity contribution in [2.75, 3.05) is 19.3 Å². The highest BCUT2D eigenvalue weighted by molar-refractivity contribution is 7.99. The number of hydrogen-bond donors (Lipinski definition) is 0. The standard InChI is InChI=1S/C16H18F3N3O2S2/c1-21(8-16(17,18)19)11(23)7-25-15-20-13-12(14(24)22(15)2)9-5-3-4-6-10(9)26-13/h3-8H2,1-2H3. The molecule has 0 aromatic carbocycles. The van der Waals surface area contributed by atoms with Crippen LogP contribution in [0.5, 0.6) is 0 Å². The molecular weight excluding hydrogens is 387 g/mol. The second-order valence-corrected chi connectivity index (χ2v) is 8.33. The molecule has 0 saturated carbocycles. The Hall–Kier alpha value is -1.55. The van der Waals surface area contributed by atoms with E-state index in [2.05, 4.69) is 4.98 Å². The minimum absolute atomic E-state index is 0.159. The summed E-state index contributed by atoms with van der Waals surface area (Å²) >= 11 is 2.49. The molecule has 0 spiro atoms. The highest BCUT2D eigenvalue weighted by Gasteiger charge is 2.31. The van der Waals surface area contributed by atoms with Crippen LogP contribution in [-0.4, -0.2) is 45.9 Å². The first-order valence-corrected chi connectivity index (χ1v) is 9.92. The number of halogens is 3. The van der Waals surface area contributed by atoms with Crippen LogP contribution in [0.3, 0.4) is 0 Å². The zero-order chi connectivity index (χ0) is 19.1. The van der Waals surface area contributed by atoms with E-state index < -0.39 is 18.6 Å². The fraction of sp³-hybridized carbons (Fsp3) is 0.562. The van der Waals surface area contributed by atoms with E-state index in [0.717, 1.165) is 50.1 Å². The fourth-order valence-corrected chi connectivity index (χ4v) is 5.20. The maximum Gasteiger partial charge on any atom is 0.406 e. The molecule has 0 aliphatic heterocycles. The van der Waals surface area contributed by atoms with Gasteiger partial charge in [0.05, 0.1) is 11.1 Å². The van der Waals surface area contributed by atoms with Crippen molar-refractivity contribution in [1.29, 1.82) is 0 Å². The molecule has 1 aliphatic carbocycles. The minimum atomic E-state index is -4.44. The van der Waals surface area contributed by atoms with Gasteiger partial charge in [-0.05, 0) is 31.2 Å². The highest BCUT2D eigenvalue weighted by Crippen LogP contribution is 2.34. The number of rotatable bonds is 4. The van der Waals surface area contributed by atoms with Crippen molar-refractivity contribution in [2.45, 2.75) is 37.0 Å². The number of hydrogen-bond acceptors (Lipinski definition) is 5. The Morgan fingerprint density at radius 2 is 2.04 bits per heavy atom. The molecule has 0 atom stereocenters. The lowest BCUT2D eigenvalue weighted by Crippen LogP contribution is -2.37. The van der Waals surface area contributed by atoms with Crippen LogP contribution in [0.15, 0.2) is 9.95 Å². The molecule has 5 nitrogen and oxygen atoms in total. The third-order valence-corrected chi connectivity index (χ3v) is 6.52. The van der Waals surface area contributed by atoms with Crippen LogP contribution >= 0.6 is 23.1 Å². The Kier molecular flexibility index (Phi) is 5.34. The average molecular weight is 405 g/mol. The van der Waals surface area contributed by atoms with Gasteiger partial charge in [0.1, 0.15) is 11.4 Å². The Morgan fingerprint density at radius 3 is 2.73 bits per heavy atom. The average Bonchev–Trinajstić information content (AvgIpc) is 2.93. The van der Waals surface area contributed by atoms with Crippen molar-refractivity contribution >= 4 is 39.2 Å². The normalized spacial score (nSPS) is 14.5. The lowest BCUT2D eigenvalue weighted by molar-refractivity contribution is -0.156. The number of thiophene rings is 1. The van der Waals surface area contributed by atoms with E-state index in [4.69, 9.17) is 0 Å². The number of carbonyl (C=O) groups is 1. The van der Waals surface area contributed by atoms with Gasteiger partial charge in [-0.15, -0.1) is 11.3 Å². The first kappa shape index (κ1) is 19.2. The molecular formula is C16H18F3N3O2S2. The summed E-state index contributed by atoms with van der Waals surface area (Å²) in [6.07, 6.45) is -0.461. The summed E-state index contributed by atoms with van der Waals surface area (Å²) in [6.45, 7) is -1.30. The zero-order valence-electron chi connectivity index (χ0n) is 14.4. The third-order valence-electron chi connectivity index (χ3n) is 4.32. The van der Waals surface area contributed by atoms with Gasteiger partial charge in [-0.25, -0.2) is 4.98 Å². The molecule has 0 unspecified atom stereocenters. The van der Waals surface area contributed by atoms with Gasteiger partial charge in [0.25, 0.3) is 5.56 Å². The third kappa shape index (κ3) is 3.90. The van der Waals surface area contributed by atoms with E-state index in [1.807, 2.05) is 0 Å². The second kappa shape index (κ2) is 7.22. The molecule has 2 aromatic rings. The summed E-state index contributed by atoms with van der Waals surface area (Å²) in [5.74, 6) is -0.865. The molecule has 2 heterocycles. The summed E-state index contributed by atoms with van der Waals surface area (Å²) < 4.78 is 38.5. The van der Waals surface area contributed by atoms with E-state index in [1.165, 1.54) is 20.8 Å². The van der Waals surface area contributed by atoms with E-state index in [0.29, 0.717) is 20.3 Å². The van der Waals surface area contributed by atoms with Gasteiger partial charge in [-0.3, -0.25) is 14.2 Å². The molecule has 2 aromatic heterocycles. The van der Waals surface area contributed by atoms with Gasteiger partial charge in [0.15, 0.2) is 5.16 Å². The number of alkyl halides is 3. The first-order valence-electron chi connectivity index (χ1n) is 8.12. The number of aromatic nitrogens is 2. The molecule has 0 saturated heterocycles. The topological polar surface area (TPSA) is 55.2 Å². The molecule has 0 fully saturated rings. The predicted molar refractivity (Wildman–Crippen MR) is 95.9 cm³/mol. The molecule has 26 heavy (non-hydrogen) atoms. The number of nitrogens with zero attached hydrogens (tertiary/aromatic N) is 3. The maximum atomic E-state index is 12.7. The van der Waals surface area contributed by atoms with E-state index in [1.54, 1.807) is 7.05 Å². The zero-order valence-corrected chi connectivity index (χ0v) is 16.0. The highest BCUT2D eigenvalue weighted by atomic mass is 32.2. The van der Waals surface area contributed by atoms with Crippen molar-refractivity contribution in [3.63, 3.8) is 0 Å². The van der Waals surface area contributed by atoms with E-state index >= 15 is 0 Å². The van der Waals surface area contributed by atoms with Gasteiger partial charge in [-0.2, -0.15) is 13.2 Å². The molecule has 0 bridgehead atoms. The van der Waals surface area contributed by atoms with Gasteiger partial charge >= 0.3 is 6.18 Å². The van der Waals surface area contributed by atoms with Crippen LogP contribution in [0.4, 0.5) is 13.2 Å². The van der Waals surface area contributed by atoms with Crippen molar-refractivity contribution in [1.82, 2.24) is 14.5 Å². The number of thioether (sulfide) groups is 1. The lowest BCUT2D eigenvalue weighted by atomic mass is 9.97. The summed E-state index contributed by atoms with van der Waals surface area (Å²) in [5.41, 5.74) is 0.926. The number of amides is 1. The lowest BCUT2D eigenvalue weighted by Gasteiger charge is -2.18. The van der Waals surface area contributed by atoms with Gasteiger partial charge in [0.2, 0.25) is 5.91 Å². The number of aryl methyl sites for hydroxylation is 2. The second-order valence-electron chi connectivity index (χ2n) is 6.30. The largest absolute Gasteiger partial charge is 0.406 e. The van der Waals surface area contributed by atoms with Crippen LogP contribution in [0.2, 0.25) is 0 Å². The fourth-order valence-electron chi connectivity index (χ4n) is 2.99. The van der Waals surface area contributed by atoms with Crippen molar-refractivity contribution < 1.29 is 18.0 Å². The van der Waals surface area contributed by atoms with Crippen LogP contribution in [-0.2, 0) is 24.7 Å². The summed E-state index contributed by atoms with van der Waals surface area (Å²) in [4.78, 5) is 31.6. The minimum Gasteiger partial charge on any atom is -0.336 e. The molecule has 0 N–H and O–H groups in total. The predicted octanol–water partition coefficient (Wildman–Crippen LogP) is 2.99. The summed E-state index contributed by atoms with van der Waals surface area (Å²) in [5, 5.41) is 0.993. The monoisotopic (exact) mass is 405 g/mol. The van der Waals surface area contributed by atoms with Crippen LogP contribution in [0.1, 0.15) is 23.3 Å². The number of fused-ring (bicyclic) bond motifs is 3. The Balaban J connectivity index is 1.82. The van der Waals surface area contributed by atoms with Crippen LogP contribution in [0, 0.1) is 0 Å². The quantitative estimate of drug-likeness (QED) is 0.580. The smallest absolute Gasteiger partial charge is 0.336 e. The first-order chi connectivity index (χ1) is 12.2. The molecule has 1 amide bonds. The Bertz CT molecular complexity index is 905. The van der Waals surface area contributed by atoms with Gasteiger partial charge < -0.3 is 4.90 Å². The summed E-state index contributed by atoms with van der Waals surface area (Å²) in [7, 11) is 2.69. The number of carbonyl (C=O) groups excluding carboxylic acids is 1. The Labute approximate surface area is 156 Å².